The van der Waals surface area contributed by atoms with Crippen molar-refractivity contribution in [3.8, 4) is 5.75 Å². The van der Waals surface area contributed by atoms with Crippen molar-refractivity contribution in [3.63, 3.8) is 0 Å². The second-order valence-corrected chi connectivity index (χ2v) is 4.48. The van der Waals surface area contributed by atoms with Gasteiger partial charge in [-0.3, -0.25) is 0 Å². The molecule has 1 aliphatic heterocycles. The number of hydrogen-bond acceptors (Lipinski definition) is 2. The average Bonchev–Trinajstić information content (AvgIpc) is 2.28. The van der Waals surface area contributed by atoms with Crippen molar-refractivity contribution in [2.24, 2.45) is 5.73 Å². The topological polar surface area (TPSA) is 35.2 Å². The first-order valence-electron chi connectivity index (χ1n) is 4.96. The number of halogens is 3. The minimum atomic E-state index is -1.45. The molecule has 1 aliphatic rings. The van der Waals surface area contributed by atoms with Crippen LogP contribution in [0.1, 0.15) is 18.0 Å². The van der Waals surface area contributed by atoms with Crippen molar-refractivity contribution >= 4 is 11.6 Å². The monoisotopic (exact) mass is 247 g/mol. The number of rotatable bonds is 2. The van der Waals surface area contributed by atoms with Gasteiger partial charge in [-0.1, -0.05) is 17.7 Å². The molecule has 0 bridgehead atoms. The molecule has 1 atom stereocenters. The molecule has 0 radical (unpaired) electrons. The molecule has 2 nitrogen and oxygen atoms in total. The van der Waals surface area contributed by atoms with Gasteiger partial charge in [0, 0.05) is 23.0 Å². The SMILES string of the molecule is N[C@H]1CC(CF)(CF)Oc2cc(Cl)ccc21. The van der Waals surface area contributed by atoms with Gasteiger partial charge in [-0.05, 0) is 12.1 Å². The van der Waals surface area contributed by atoms with Crippen molar-refractivity contribution in [2.75, 3.05) is 13.3 Å². The van der Waals surface area contributed by atoms with Gasteiger partial charge in [0.2, 0.25) is 0 Å². The highest BCUT2D eigenvalue weighted by Crippen LogP contribution is 2.40. The zero-order valence-electron chi connectivity index (χ0n) is 8.55. The number of benzene rings is 1. The highest BCUT2D eigenvalue weighted by Gasteiger charge is 2.40. The van der Waals surface area contributed by atoms with Crippen molar-refractivity contribution in [2.45, 2.75) is 18.1 Å². The summed E-state index contributed by atoms with van der Waals surface area (Å²) < 4.78 is 31.1. The molecule has 0 aliphatic carbocycles. The Balaban J connectivity index is 2.41. The molecule has 1 aromatic rings. The van der Waals surface area contributed by atoms with Crippen LogP contribution in [-0.4, -0.2) is 19.0 Å². The number of hydrogen-bond donors (Lipinski definition) is 1. The fraction of sp³-hybridized carbons (Fsp3) is 0.455. The Bertz CT molecular complexity index is 396. The van der Waals surface area contributed by atoms with Crippen LogP contribution in [0.2, 0.25) is 5.02 Å². The number of fused-ring (bicyclic) bond motifs is 1. The predicted octanol–water partition coefficient (Wildman–Crippen LogP) is 2.80. The number of alkyl halides is 2. The average molecular weight is 248 g/mol. The van der Waals surface area contributed by atoms with Gasteiger partial charge < -0.3 is 10.5 Å². The molecule has 0 saturated carbocycles. The van der Waals surface area contributed by atoms with E-state index >= 15 is 0 Å². The van der Waals surface area contributed by atoms with Gasteiger partial charge in [0.25, 0.3) is 0 Å². The molecular weight excluding hydrogens is 236 g/mol. The summed E-state index contributed by atoms with van der Waals surface area (Å²) in [6.45, 7) is -1.80. The maximum Gasteiger partial charge on any atom is 0.167 e. The van der Waals surface area contributed by atoms with Crippen LogP contribution in [0.25, 0.3) is 0 Å². The Morgan fingerprint density at radius 3 is 2.75 bits per heavy atom. The van der Waals surface area contributed by atoms with Gasteiger partial charge in [0.15, 0.2) is 5.60 Å². The molecular formula is C11H12ClF2NO. The maximum absolute atomic E-state index is 12.8. The molecule has 0 fully saturated rings. The van der Waals surface area contributed by atoms with E-state index in [0.717, 1.165) is 5.56 Å². The second kappa shape index (κ2) is 4.18. The Morgan fingerprint density at radius 1 is 1.44 bits per heavy atom. The number of nitrogens with two attached hydrogens (primary N) is 1. The molecule has 16 heavy (non-hydrogen) atoms. The summed E-state index contributed by atoms with van der Waals surface area (Å²) in [5, 5.41) is 0.458. The molecule has 0 spiro atoms. The molecule has 0 aromatic heterocycles. The van der Waals surface area contributed by atoms with Crippen LogP contribution in [0, 0.1) is 0 Å². The first-order chi connectivity index (χ1) is 7.60. The first kappa shape index (κ1) is 11.6. The predicted molar refractivity (Wildman–Crippen MR) is 58.3 cm³/mol. The summed E-state index contributed by atoms with van der Waals surface area (Å²) in [5.41, 5.74) is 5.16. The molecule has 2 N–H and O–H groups in total. The van der Waals surface area contributed by atoms with E-state index in [1.807, 2.05) is 0 Å². The third kappa shape index (κ3) is 1.87. The van der Waals surface area contributed by atoms with Gasteiger partial charge in [-0.15, -0.1) is 0 Å². The highest BCUT2D eigenvalue weighted by atomic mass is 35.5. The smallest absolute Gasteiger partial charge is 0.167 e. The summed E-state index contributed by atoms with van der Waals surface area (Å²) in [7, 11) is 0. The van der Waals surface area contributed by atoms with E-state index < -0.39 is 25.0 Å². The molecule has 5 heteroatoms. The van der Waals surface area contributed by atoms with E-state index in [2.05, 4.69) is 0 Å². The lowest BCUT2D eigenvalue weighted by atomic mass is 9.89. The van der Waals surface area contributed by atoms with Crippen LogP contribution in [0.3, 0.4) is 0 Å². The zero-order valence-corrected chi connectivity index (χ0v) is 9.31. The Labute approximate surface area is 97.3 Å². The lowest BCUT2D eigenvalue weighted by Crippen LogP contribution is -2.46. The van der Waals surface area contributed by atoms with Crippen LogP contribution in [-0.2, 0) is 0 Å². The third-order valence-corrected chi connectivity index (χ3v) is 3.02. The van der Waals surface area contributed by atoms with Crippen LogP contribution in [0.4, 0.5) is 8.78 Å². The lowest BCUT2D eigenvalue weighted by Gasteiger charge is -2.37. The van der Waals surface area contributed by atoms with E-state index in [1.165, 1.54) is 6.07 Å². The standard InChI is InChI=1S/C11H12ClF2NO/c12-7-1-2-8-9(15)4-11(5-13,6-14)16-10(8)3-7/h1-3,9H,4-6,15H2/t9-/m0/s1. The van der Waals surface area contributed by atoms with Crippen LogP contribution >= 0.6 is 11.6 Å². The Hall–Kier alpha value is -0.870. The van der Waals surface area contributed by atoms with Crippen molar-refractivity contribution in [3.05, 3.63) is 28.8 Å². The van der Waals surface area contributed by atoms with E-state index in [9.17, 15) is 8.78 Å². The van der Waals surface area contributed by atoms with E-state index in [1.54, 1.807) is 12.1 Å². The first-order valence-corrected chi connectivity index (χ1v) is 5.34. The third-order valence-electron chi connectivity index (χ3n) is 2.78. The van der Waals surface area contributed by atoms with Gasteiger partial charge >= 0.3 is 0 Å². The van der Waals surface area contributed by atoms with Gasteiger partial charge in [0.1, 0.15) is 19.1 Å². The second-order valence-electron chi connectivity index (χ2n) is 4.05. The molecule has 0 unspecified atom stereocenters. The fourth-order valence-corrected chi connectivity index (χ4v) is 2.05. The van der Waals surface area contributed by atoms with Crippen molar-refractivity contribution in [1.82, 2.24) is 0 Å². The summed E-state index contributed by atoms with van der Waals surface area (Å²) >= 11 is 5.80. The molecule has 1 aromatic carbocycles. The minimum absolute atomic E-state index is 0.134. The summed E-state index contributed by atoms with van der Waals surface area (Å²) in [5.74, 6) is 0.376. The Kier molecular flexibility index (Phi) is 3.04. The number of ether oxygens (including phenoxy) is 1. The summed E-state index contributed by atoms with van der Waals surface area (Å²) in [4.78, 5) is 0. The summed E-state index contributed by atoms with van der Waals surface area (Å²) in [6, 6.07) is 4.52. The normalized spacial score (nSPS) is 22.4. The zero-order chi connectivity index (χ0) is 11.8. The van der Waals surface area contributed by atoms with Gasteiger partial charge in [0.05, 0.1) is 0 Å². The van der Waals surface area contributed by atoms with Crippen molar-refractivity contribution in [1.29, 1.82) is 0 Å². The molecule has 2 rings (SSSR count). The van der Waals surface area contributed by atoms with E-state index in [-0.39, 0.29) is 6.42 Å². The molecule has 0 amide bonds. The van der Waals surface area contributed by atoms with E-state index in [4.69, 9.17) is 22.1 Å². The molecule has 1 heterocycles. The highest BCUT2D eigenvalue weighted by molar-refractivity contribution is 6.30. The summed E-state index contributed by atoms with van der Waals surface area (Å²) in [6.07, 6.45) is 0.134. The van der Waals surface area contributed by atoms with Gasteiger partial charge in [-0.2, -0.15) is 0 Å². The van der Waals surface area contributed by atoms with Crippen LogP contribution < -0.4 is 10.5 Å². The quantitative estimate of drug-likeness (QED) is 0.872. The van der Waals surface area contributed by atoms with Crippen LogP contribution in [0.15, 0.2) is 18.2 Å². The van der Waals surface area contributed by atoms with Gasteiger partial charge in [-0.25, -0.2) is 8.78 Å². The molecule has 0 saturated heterocycles. The lowest BCUT2D eigenvalue weighted by molar-refractivity contribution is -0.00777. The Morgan fingerprint density at radius 2 is 2.12 bits per heavy atom. The fourth-order valence-electron chi connectivity index (χ4n) is 1.89. The minimum Gasteiger partial charge on any atom is -0.481 e. The molecule has 88 valence electrons. The van der Waals surface area contributed by atoms with Crippen molar-refractivity contribution < 1.29 is 13.5 Å². The maximum atomic E-state index is 12.8. The van der Waals surface area contributed by atoms with E-state index in [0.29, 0.717) is 10.8 Å². The largest absolute Gasteiger partial charge is 0.481 e. The van der Waals surface area contributed by atoms with Crippen LogP contribution in [0.5, 0.6) is 5.75 Å².